The molecule has 0 unspecified atom stereocenters. The second-order valence-electron chi connectivity index (χ2n) is 2.70. The Balaban J connectivity index is 3.59. The van der Waals surface area contributed by atoms with Gasteiger partial charge in [-0.05, 0) is 28.1 Å². The van der Waals surface area contributed by atoms with Gasteiger partial charge in [0.25, 0.3) is 9.05 Å². The smallest absolute Gasteiger partial charge is 0.207 e. The van der Waals surface area contributed by atoms with Gasteiger partial charge in [-0.1, -0.05) is 11.6 Å². The van der Waals surface area contributed by atoms with Crippen LogP contribution in [0.25, 0.3) is 0 Å². The second-order valence-corrected chi connectivity index (χ2v) is 6.50. The summed E-state index contributed by atoms with van der Waals surface area (Å²) in [5, 5.41) is -0.614. The Morgan fingerprint density at radius 1 is 1.25 bits per heavy atom. The van der Waals surface area contributed by atoms with Crippen molar-refractivity contribution in [2.75, 3.05) is 0 Å². The normalized spacial score (nSPS) is 12.9. The molecule has 0 N–H and O–H groups in total. The average Bonchev–Trinajstić information content (AvgIpc) is 2.05. The molecule has 0 aromatic heterocycles. The zero-order chi connectivity index (χ0) is 12.7. The van der Waals surface area contributed by atoms with E-state index in [-0.39, 0.29) is 4.47 Å². The maximum absolute atomic E-state index is 12.5. The predicted molar refractivity (Wildman–Crippen MR) is 57.2 cm³/mol. The van der Waals surface area contributed by atoms with Crippen LogP contribution < -0.4 is 0 Å². The van der Waals surface area contributed by atoms with Crippen molar-refractivity contribution < 1.29 is 21.6 Å². The van der Waals surface area contributed by atoms with Gasteiger partial charge < -0.3 is 0 Å². The Morgan fingerprint density at radius 3 is 2.12 bits per heavy atom. The standard InChI is InChI=1S/C7H2BrCl2F3O2S/c8-5-2-3(16(10,14)15)1-4(6(5)9)7(11,12)13/h1-2H. The number of halogens is 6. The molecule has 0 aliphatic carbocycles. The second kappa shape index (κ2) is 4.36. The minimum absolute atomic E-state index is 0.191. The minimum Gasteiger partial charge on any atom is -0.207 e. The fourth-order valence-electron chi connectivity index (χ4n) is 0.911. The van der Waals surface area contributed by atoms with Crippen LogP contribution in [0, 0.1) is 0 Å². The first-order valence-electron chi connectivity index (χ1n) is 3.54. The molecule has 90 valence electrons. The van der Waals surface area contributed by atoms with Crippen LogP contribution in [-0.4, -0.2) is 8.42 Å². The molecule has 0 fully saturated rings. The third-order valence-corrected chi connectivity index (χ3v) is 4.18. The van der Waals surface area contributed by atoms with Crippen molar-refractivity contribution in [3.05, 3.63) is 27.2 Å². The lowest BCUT2D eigenvalue weighted by Crippen LogP contribution is -2.07. The van der Waals surface area contributed by atoms with Crippen LogP contribution in [0.2, 0.25) is 5.02 Å². The summed E-state index contributed by atoms with van der Waals surface area (Å²) >= 11 is 8.12. The molecule has 0 bridgehead atoms. The van der Waals surface area contributed by atoms with Crippen molar-refractivity contribution in [3.8, 4) is 0 Å². The number of hydrogen-bond acceptors (Lipinski definition) is 2. The molecule has 0 spiro atoms. The molecule has 1 rings (SSSR count). The van der Waals surface area contributed by atoms with Crippen LogP contribution in [-0.2, 0) is 15.2 Å². The van der Waals surface area contributed by atoms with E-state index in [0.29, 0.717) is 6.07 Å². The van der Waals surface area contributed by atoms with Crippen LogP contribution in [0.15, 0.2) is 21.5 Å². The Kier molecular flexibility index (Phi) is 3.84. The van der Waals surface area contributed by atoms with Crippen molar-refractivity contribution >= 4 is 47.3 Å². The van der Waals surface area contributed by atoms with E-state index in [9.17, 15) is 21.6 Å². The van der Waals surface area contributed by atoms with Crippen LogP contribution >= 0.6 is 38.2 Å². The lowest BCUT2D eigenvalue weighted by molar-refractivity contribution is -0.137. The van der Waals surface area contributed by atoms with E-state index in [1.54, 1.807) is 0 Å². The summed E-state index contributed by atoms with van der Waals surface area (Å²) in [5.41, 5.74) is -1.26. The fourth-order valence-corrected chi connectivity index (χ4v) is 2.52. The van der Waals surface area contributed by atoms with Gasteiger partial charge in [0.05, 0.1) is 15.5 Å². The van der Waals surface area contributed by atoms with E-state index < -0.39 is 30.7 Å². The summed E-state index contributed by atoms with van der Waals surface area (Å²) < 4.78 is 59.0. The number of rotatable bonds is 1. The summed E-state index contributed by atoms with van der Waals surface area (Å²) in [4.78, 5) is -0.669. The molecular formula is C7H2BrCl2F3O2S. The molecule has 0 aliphatic heterocycles. The van der Waals surface area contributed by atoms with Crippen molar-refractivity contribution in [1.82, 2.24) is 0 Å². The van der Waals surface area contributed by atoms with Crippen molar-refractivity contribution in [2.45, 2.75) is 11.1 Å². The van der Waals surface area contributed by atoms with E-state index in [0.717, 1.165) is 6.07 Å². The van der Waals surface area contributed by atoms with Gasteiger partial charge in [-0.2, -0.15) is 13.2 Å². The molecular weight excluding hydrogens is 356 g/mol. The highest BCUT2D eigenvalue weighted by atomic mass is 79.9. The molecule has 0 saturated heterocycles. The summed E-state index contributed by atoms with van der Waals surface area (Å²) in [6.45, 7) is 0. The Hall–Kier alpha value is 0.0200. The molecule has 9 heteroatoms. The summed E-state index contributed by atoms with van der Waals surface area (Å²) in [5.74, 6) is 0. The SMILES string of the molecule is O=S(=O)(Cl)c1cc(Br)c(Cl)c(C(F)(F)F)c1. The molecule has 0 radical (unpaired) electrons. The van der Waals surface area contributed by atoms with E-state index >= 15 is 0 Å². The van der Waals surface area contributed by atoms with Gasteiger partial charge in [-0.25, -0.2) is 8.42 Å². The zero-order valence-corrected chi connectivity index (χ0v) is 11.1. The van der Waals surface area contributed by atoms with Gasteiger partial charge in [-0.15, -0.1) is 0 Å². The summed E-state index contributed by atoms with van der Waals surface area (Å²) in [6, 6.07) is 1.29. The molecule has 0 aliphatic rings. The molecule has 0 saturated carbocycles. The van der Waals surface area contributed by atoms with Gasteiger partial charge >= 0.3 is 6.18 Å². The number of alkyl halides is 3. The first kappa shape index (κ1) is 14.1. The minimum atomic E-state index is -4.75. The van der Waals surface area contributed by atoms with Gasteiger partial charge in [0, 0.05) is 15.2 Å². The molecule has 1 aromatic carbocycles. The van der Waals surface area contributed by atoms with Gasteiger partial charge in [0.15, 0.2) is 0 Å². The lowest BCUT2D eigenvalue weighted by Gasteiger charge is -2.11. The molecule has 16 heavy (non-hydrogen) atoms. The largest absolute Gasteiger partial charge is 0.417 e. The van der Waals surface area contributed by atoms with Gasteiger partial charge in [0.1, 0.15) is 0 Å². The molecule has 1 aromatic rings. The van der Waals surface area contributed by atoms with E-state index in [4.69, 9.17) is 22.3 Å². The van der Waals surface area contributed by atoms with Crippen LogP contribution in [0.1, 0.15) is 5.56 Å². The zero-order valence-electron chi connectivity index (χ0n) is 7.15. The highest BCUT2D eigenvalue weighted by Gasteiger charge is 2.35. The summed E-state index contributed by atoms with van der Waals surface area (Å²) in [6.07, 6.45) is -4.75. The Labute approximate surface area is 107 Å². The van der Waals surface area contributed by atoms with Crippen molar-refractivity contribution in [3.63, 3.8) is 0 Å². The first-order chi connectivity index (χ1) is 7.03. The van der Waals surface area contributed by atoms with E-state index in [1.807, 2.05) is 0 Å². The molecule has 0 amide bonds. The van der Waals surface area contributed by atoms with E-state index in [1.165, 1.54) is 0 Å². The van der Waals surface area contributed by atoms with Crippen LogP contribution in [0.4, 0.5) is 13.2 Å². The third kappa shape index (κ3) is 3.03. The van der Waals surface area contributed by atoms with Crippen LogP contribution in [0.3, 0.4) is 0 Å². The number of benzene rings is 1. The quantitative estimate of drug-likeness (QED) is 0.710. The predicted octanol–water partition coefficient (Wildman–Crippen LogP) is 4.05. The topological polar surface area (TPSA) is 34.1 Å². The maximum Gasteiger partial charge on any atom is 0.417 e. The van der Waals surface area contributed by atoms with Crippen molar-refractivity contribution in [2.24, 2.45) is 0 Å². The van der Waals surface area contributed by atoms with Gasteiger partial charge in [0.2, 0.25) is 0 Å². The van der Waals surface area contributed by atoms with E-state index in [2.05, 4.69) is 15.9 Å². The maximum atomic E-state index is 12.5. The molecule has 0 atom stereocenters. The number of hydrogen-bond donors (Lipinski definition) is 0. The Bertz CT molecular complexity index is 527. The first-order valence-corrected chi connectivity index (χ1v) is 7.02. The van der Waals surface area contributed by atoms with Gasteiger partial charge in [-0.3, -0.25) is 0 Å². The lowest BCUT2D eigenvalue weighted by atomic mass is 10.2. The molecule has 2 nitrogen and oxygen atoms in total. The summed E-state index contributed by atoms with van der Waals surface area (Å²) in [7, 11) is 0.705. The highest BCUT2D eigenvalue weighted by Crippen LogP contribution is 2.40. The highest BCUT2D eigenvalue weighted by molar-refractivity contribution is 9.10. The van der Waals surface area contributed by atoms with Crippen LogP contribution in [0.5, 0.6) is 0 Å². The Morgan fingerprint density at radius 2 is 1.75 bits per heavy atom. The molecule has 0 heterocycles. The fraction of sp³-hybridized carbons (Fsp3) is 0.143. The monoisotopic (exact) mass is 356 g/mol. The van der Waals surface area contributed by atoms with Crippen molar-refractivity contribution in [1.29, 1.82) is 0 Å². The average molecular weight is 358 g/mol. The third-order valence-electron chi connectivity index (χ3n) is 1.59.